The van der Waals surface area contributed by atoms with Crippen molar-refractivity contribution in [3.63, 3.8) is 0 Å². The third kappa shape index (κ3) is 2.94. The van der Waals surface area contributed by atoms with Gasteiger partial charge in [0.05, 0.1) is 0 Å². The Kier molecular flexibility index (Phi) is 4.43. The van der Waals surface area contributed by atoms with Crippen molar-refractivity contribution in [2.45, 2.75) is 14.4 Å². The van der Waals surface area contributed by atoms with E-state index < -0.39 is 0 Å². The van der Waals surface area contributed by atoms with Crippen LogP contribution in [0.2, 0.25) is 0 Å². The summed E-state index contributed by atoms with van der Waals surface area (Å²) in [5.41, 5.74) is 7.00. The highest BCUT2D eigenvalue weighted by atomic mass is 16.5. The molecule has 0 aliphatic heterocycles. The lowest BCUT2D eigenvalue weighted by Crippen LogP contribution is -2.13. The van der Waals surface area contributed by atoms with Crippen molar-refractivity contribution in [2.75, 3.05) is 0 Å². The first-order chi connectivity index (χ1) is 6.11. The van der Waals surface area contributed by atoms with Crippen LogP contribution in [-0.4, -0.2) is 6.02 Å². The fourth-order valence-corrected chi connectivity index (χ4v) is 1.07. The van der Waals surface area contributed by atoms with Crippen LogP contribution in [0.15, 0.2) is 30.8 Å². The van der Waals surface area contributed by atoms with Crippen molar-refractivity contribution in [3.8, 4) is 0 Å². The molecule has 76 valence electrons. The Labute approximate surface area is 84.7 Å². The minimum Gasteiger partial charge on any atom is -0.426 e. The molecule has 1 aromatic rings. The van der Waals surface area contributed by atoms with Gasteiger partial charge in [0.2, 0.25) is 0 Å². The minimum atomic E-state index is -0.340. The number of ether oxygens (including phenoxy) is 1. The smallest absolute Gasteiger partial charge is 0.284 e. The van der Waals surface area contributed by atoms with Gasteiger partial charge < -0.3 is 10.5 Å². The number of benzene rings is 1. The Morgan fingerprint density at radius 2 is 2.00 bits per heavy atom. The molecule has 0 atom stereocenters. The van der Waals surface area contributed by atoms with Crippen LogP contribution < -0.4 is 5.73 Å². The van der Waals surface area contributed by atoms with Crippen molar-refractivity contribution in [2.24, 2.45) is 5.73 Å². The first-order valence-corrected chi connectivity index (χ1v) is 3.88. The molecule has 0 radical (unpaired) electrons. The van der Waals surface area contributed by atoms with E-state index in [1.807, 2.05) is 31.2 Å². The summed E-state index contributed by atoms with van der Waals surface area (Å²) in [4.78, 5) is 0. The summed E-state index contributed by atoms with van der Waals surface area (Å²) in [7, 11) is 0. The number of nitrogens with one attached hydrogen (secondary N) is 1. The Balaban J connectivity index is 0.00000169. The summed E-state index contributed by atoms with van der Waals surface area (Å²) < 4.78 is 4.88. The SMILES string of the molecule is C.C=C(OC(=N)N)c1ccccc1C. The molecule has 0 aliphatic carbocycles. The van der Waals surface area contributed by atoms with Crippen molar-refractivity contribution < 1.29 is 4.74 Å². The van der Waals surface area contributed by atoms with Crippen LogP contribution in [0.25, 0.3) is 5.76 Å². The van der Waals surface area contributed by atoms with Crippen molar-refractivity contribution in [1.82, 2.24) is 0 Å². The quantitative estimate of drug-likeness (QED) is 0.429. The lowest BCUT2D eigenvalue weighted by atomic mass is 10.1. The van der Waals surface area contributed by atoms with Gasteiger partial charge in [-0.3, -0.25) is 5.41 Å². The van der Waals surface area contributed by atoms with Crippen molar-refractivity contribution >= 4 is 11.8 Å². The van der Waals surface area contributed by atoms with Crippen LogP contribution in [0.5, 0.6) is 0 Å². The minimum absolute atomic E-state index is 0. The monoisotopic (exact) mass is 192 g/mol. The molecule has 0 unspecified atom stereocenters. The van der Waals surface area contributed by atoms with E-state index in [-0.39, 0.29) is 13.4 Å². The Morgan fingerprint density at radius 1 is 1.43 bits per heavy atom. The maximum Gasteiger partial charge on any atom is 0.284 e. The number of aryl methyl sites for hydroxylation is 1. The molecule has 0 spiro atoms. The highest BCUT2D eigenvalue weighted by molar-refractivity contribution is 5.76. The van der Waals surface area contributed by atoms with E-state index >= 15 is 0 Å². The van der Waals surface area contributed by atoms with E-state index in [1.165, 1.54) is 0 Å². The van der Waals surface area contributed by atoms with Gasteiger partial charge in [-0.25, -0.2) is 0 Å². The molecular formula is C11H16N2O. The van der Waals surface area contributed by atoms with Gasteiger partial charge in [-0.2, -0.15) is 0 Å². The van der Waals surface area contributed by atoms with Gasteiger partial charge in [-0.15, -0.1) is 0 Å². The Bertz CT molecular complexity index is 345. The molecule has 0 aliphatic rings. The zero-order valence-electron chi connectivity index (χ0n) is 7.50. The van der Waals surface area contributed by atoms with Crippen molar-refractivity contribution in [1.29, 1.82) is 5.41 Å². The summed E-state index contributed by atoms with van der Waals surface area (Å²) >= 11 is 0. The predicted octanol–water partition coefficient (Wildman–Crippen LogP) is 2.51. The summed E-state index contributed by atoms with van der Waals surface area (Å²) in [5, 5.41) is 6.94. The molecule has 0 aromatic heterocycles. The Morgan fingerprint density at radius 3 is 2.50 bits per heavy atom. The summed E-state index contributed by atoms with van der Waals surface area (Å²) in [6.45, 7) is 5.63. The number of amidine groups is 1. The van der Waals surface area contributed by atoms with Gasteiger partial charge in [-0.05, 0) is 12.5 Å². The molecule has 0 amide bonds. The van der Waals surface area contributed by atoms with Crippen LogP contribution in [-0.2, 0) is 4.74 Å². The first-order valence-electron chi connectivity index (χ1n) is 3.88. The van der Waals surface area contributed by atoms with Gasteiger partial charge in [0.1, 0.15) is 5.76 Å². The molecule has 0 fully saturated rings. The maximum atomic E-state index is 6.94. The number of hydrogen-bond acceptors (Lipinski definition) is 2. The molecule has 3 nitrogen and oxygen atoms in total. The summed E-state index contributed by atoms with van der Waals surface area (Å²) in [6.07, 6.45) is 0. The normalized spacial score (nSPS) is 8.64. The van der Waals surface area contributed by atoms with Crippen LogP contribution in [0, 0.1) is 12.3 Å². The second-order valence-corrected chi connectivity index (χ2v) is 2.70. The van der Waals surface area contributed by atoms with Crippen molar-refractivity contribution in [3.05, 3.63) is 42.0 Å². The third-order valence-electron chi connectivity index (χ3n) is 1.68. The molecule has 0 heterocycles. The van der Waals surface area contributed by atoms with Crippen LogP contribution in [0.3, 0.4) is 0 Å². The maximum absolute atomic E-state index is 6.94. The molecule has 3 N–H and O–H groups in total. The highest BCUT2D eigenvalue weighted by Gasteiger charge is 2.03. The molecular weight excluding hydrogens is 176 g/mol. The second kappa shape index (κ2) is 5.07. The first kappa shape index (κ1) is 12.2. The molecule has 3 heteroatoms. The summed E-state index contributed by atoms with van der Waals surface area (Å²) in [6, 6.07) is 7.30. The number of hydrogen-bond donors (Lipinski definition) is 2. The Hall–Kier alpha value is -1.77. The van der Waals surface area contributed by atoms with E-state index in [0.717, 1.165) is 11.1 Å². The molecule has 0 saturated carbocycles. The fraction of sp³-hybridized carbons (Fsp3) is 0.182. The summed E-state index contributed by atoms with van der Waals surface area (Å²) in [5.74, 6) is 0.408. The average molecular weight is 192 g/mol. The zero-order valence-corrected chi connectivity index (χ0v) is 7.50. The second-order valence-electron chi connectivity index (χ2n) is 2.70. The largest absolute Gasteiger partial charge is 0.426 e. The van der Waals surface area contributed by atoms with Gasteiger partial charge in [0.15, 0.2) is 0 Å². The molecule has 14 heavy (non-hydrogen) atoms. The van der Waals surface area contributed by atoms with E-state index in [4.69, 9.17) is 15.9 Å². The van der Waals surface area contributed by atoms with Crippen LogP contribution in [0.1, 0.15) is 18.6 Å². The number of nitrogens with two attached hydrogens (primary N) is 1. The fourth-order valence-electron chi connectivity index (χ4n) is 1.07. The standard InChI is InChI=1S/C10H12N2O.CH4/c1-7-5-3-4-6-9(7)8(2)13-10(11)12;/h3-6H,2H2,1H3,(H3,11,12);1H4. The third-order valence-corrected chi connectivity index (χ3v) is 1.68. The van der Waals surface area contributed by atoms with E-state index in [0.29, 0.717) is 5.76 Å². The lowest BCUT2D eigenvalue weighted by molar-refractivity contribution is 0.495. The molecule has 0 bridgehead atoms. The zero-order chi connectivity index (χ0) is 9.84. The van der Waals surface area contributed by atoms with Crippen LogP contribution in [0.4, 0.5) is 0 Å². The lowest BCUT2D eigenvalue weighted by Gasteiger charge is -2.08. The van der Waals surface area contributed by atoms with E-state index in [1.54, 1.807) is 0 Å². The van der Waals surface area contributed by atoms with Crippen LogP contribution >= 0.6 is 0 Å². The molecule has 1 aromatic carbocycles. The molecule has 0 saturated heterocycles. The van der Waals surface area contributed by atoms with Gasteiger partial charge in [0.25, 0.3) is 6.02 Å². The van der Waals surface area contributed by atoms with Gasteiger partial charge in [0, 0.05) is 5.56 Å². The number of rotatable bonds is 2. The average Bonchev–Trinajstić information content (AvgIpc) is 2.03. The highest BCUT2D eigenvalue weighted by Crippen LogP contribution is 2.17. The van der Waals surface area contributed by atoms with Gasteiger partial charge >= 0.3 is 0 Å². The van der Waals surface area contributed by atoms with E-state index in [9.17, 15) is 0 Å². The topological polar surface area (TPSA) is 59.1 Å². The molecule has 1 rings (SSSR count). The van der Waals surface area contributed by atoms with E-state index in [2.05, 4.69) is 6.58 Å². The van der Waals surface area contributed by atoms with Gasteiger partial charge in [-0.1, -0.05) is 38.3 Å². The predicted molar refractivity (Wildman–Crippen MR) is 59.9 cm³/mol.